The first-order valence-corrected chi connectivity index (χ1v) is 8.04. The summed E-state index contributed by atoms with van der Waals surface area (Å²) in [4.78, 5) is 15.9. The standard InChI is InChI=1S/C18H21ClN2O2/c1-13(2)23-16-7-5-14(6-8-16)9-11-20-17(22)12-15-4-3-10-21-18(15)19/h3-8,10,13H,9,11-12H2,1-2H3,(H,20,22). The van der Waals surface area contributed by atoms with Gasteiger partial charge in [0.05, 0.1) is 12.5 Å². The van der Waals surface area contributed by atoms with Crippen LogP contribution in [0.25, 0.3) is 0 Å². The molecule has 1 amide bonds. The van der Waals surface area contributed by atoms with E-state index in [2.05, 4.69) is 10.3 Å². The van der Waals surface area contributed by atoms with Crippen LogP contribution >= 0.6 is 11.6 Å². The first-order chi connectivity index (χ1) is 11.0. The summed E-state index contributed by atoms with van der Waals surface area (Å²) >= 11 is 5.95. The highest BCUT2D eigenvalue weighted by atomic mass is 35.5. The van der Waals surface area contributed by atoms with Gasteiger partial charge in [-0.15, -0.1) is 0 Å². The molecule has 4 nitrogen and oxygen atoms in total. The highest BCUT2D eigenvalue weighted by molar-refractivity contribution is 6.30. The molecule has 0 bridgehead atoms. The molecule has 1 heterocycles. The van der Waals surface area contributed by atoms with E-state index in [1.165, 1.54) is 0 Å². The van der Waals surface area contributed by atoms with Gasteiger partial charge in [0.2, 0.25) is 5.91 Å². The third kappa shape index (κ3) is 5.91. The fourth-order valence-corrected chi connectivity index (χ4v) is 2.33. The first-order valence-electron chi connectivity index (χ1n) is 7.66. The minimum atomic E-state index is -0.0559. The summed E-state index contributed by atoms with van der Waals surface area (Å²) in [6.07, 6.45) is 2.79. The smallest absolute Gasteiger partial charge is 0.224 e. The van der Waals surface area contributed by atoms with Crippen LogP contribution in [0.5, 0.6) is 5.75 Å². The van der Waals surface area contributed by atoms with E-state index in [0.717, 1.165) is 23.3 Å². The Bertz CT molecular complexity index is 642. The van der Waals surface area contributed by atoms with Crippen molar-refractivity contribution in [2.45, 2.75) is 32.8 Å². The van der Waals surface area contributed by atoms with E-state index in [1.54, 1.807) is 12.3 Å². The second-order valence-corrected chi connectivity index (χ2v) is 5.90. The van der Waals surface area contributed by atoms with E-state index in [-0.39, 0.29) is 18.4 Å². The van der Waals surface area contributed by atoms with Crippen molar-refractivity contribution in [3.05, 3.63) is 58.9 Å². The van der Waals surface area contributed by atoms with Gasteiger partial charge in [-0.25, -0.2) is 4.98 Å². The van der Waals surface area contributed by atoms with E-state index in [4.69, 9.17) is 16.3 Å². The lowest BCUT2D eigenvalue weighted by Crippen LogP contribution is -2.27. The Labute approximate surface area is 141 Å². The number of amides is 1. The molecule has 0 saturated carbocycles. The van der Waals surface area contributed by atoms with E-state index in [0.29, 0.717) is 11.7 Å². The van der Waals surface area contributed by atoms with Gasteiger partial charge in [-0.3, -0.25) is 4.79 Å². The zero-order valence-corrected chi connectivity index (χ0v) is 14.1. The summed E-state index contributed by atoms with van der Waals surface area (Å²) in [7, 11) is 0. The average molecular weight is 333 g/mol. The quantitative estimate of drug-likeness (QED) is 0.790. The largest absolute Gasteiger partial charge is 0.491 e. The number of carbonyl (C=O) groups is 1. The highest BCUT2D eigenvalue weighted by Gasteiger charge is 2.07. The lowest BCUT2D eigenvalue weighted by atomic mass is 10.1. The maximum atomic E-state index is 11.9. The molecule has 1 aromatic carbocycles. The van der Waals surface area contributed by atoms with Gasteiger partial charge in [0.1, 0.15) is 10.9 Å². The molecule has 1 N–H and O–H groups in total. The number of hydrogen-bond acceptors (Lipinski definition) is 3. The predicted molar refractivity (Wildman–Crippen MR) is 91.9 cm³/mol. The number of carbonyl (C=O) groups excluding carboxylic acids is 1. The normalized spacial score (nSPS) is 10.6. The van der Waals surface area contributed by atoms with Crippen LogP contribution in [0.15, 0.2) is 42.6 Å². The van der Waals surface area contributed by atoms with Crippen LogP contribution < -0.4 is 10.1 Å². The third-order valence-electron chi connectivity index (χ3n) is 3.22. The van der Waals surface area contributed by atoms with Crippen LogP contribution in [-0.2, 0) is 17.6 Å². The number of halogens is 1. The topological polar surface area (TPSA) is 51.2 Å². The van der Waals surface area contributed by atoms with E-state index < -0.39 is 0 Å². The Morgan fingerprint density at radius 3 is 2.65 bits per heavy atom. The number of ether oxygens (including phenoxy) is 1. The summed E-state index contributed by atoms with van der Waals surface area (Å²) < 4.78 is 5.60. The first kappa shape index (κ1) is 17.3. The molecule has 0 radical (unpaired) electrons. The monoisotopic (exact) mass is 332 g/mol. The molecule has 122 valence electrons. The molecule has 2 aromatic rings. The third-order valence-corrected chi connectivity index (χ3v) is 3.56. The Kier molecular flexibility index (Phi) is 6.41. The lowest BCUT2D eigenvalue weighted by molar-refractivity contribution is -0.120. The van der Waals surface area contributed by atoms with E-state index in [9.17, 15) is 4.79 Å². The summed E-state index contributed by atoms with van der Waals surface area (Å²) in [6, 6.07) is 11.5. The van der Waals surface area contributed by atoms with Gasteiger partial charge in [0.25, 0.3) is 0 Å². The maximum Gasteiger partial charge on any atom is 0.224 e. The van der Waals surface area contributed by atoms with Gasteiger partial charge in [-0.05, 0) is 49.6 Å². The van der Waals surface area contributed by atoms with Crippen LogP contribution in [0.3, 0.4) is 0 Å². The Morgan fingerprint density at radius 1 is 1.26 bits per heavy atom. The summed E-state index contributed by atoms with van der Waals surface area (Å²) in [5.74, 6) is 0.804. The second-order valence-electron chi connectivity index (χ2n) is 5.54. The van der Waals surface area contributed by atoms with Crippen LogP contribution in [0.2, 0.25) is 5.15 Å². The molecule has 0 aliphatic carbocycles. The fourth-order valence-electron chi connectivity index (χ4n) is 2.14. The molecule has 5 heteroatoms. The zero-order valence-electron chi connectivity index (χ0n) is 13.4. The molecule has 0 aliphatic heterocycles. The Hall–Kier alpha value is -2.07. The number of nitrogens with zero attached hydrogens (tertiary/aromatic N) is 1. The van der Waals surface area contributed by atoms with Crippen molar-refractivity contribution >= 4 is 17.5 Å². The lowest BCUT2D eigenvalue weighted by Gasteiger charge is -2.10. The van der Waals surface area contributed by atoms with Gasteiger partial charge in [0, 0.05) is 12.7 Å². The number of rotatable bonds is 7. The van der Waals surface area contributed by atoms with Crippen LogP contribution in [0.4, 0.5) is 0 Å². The minimum Gasteiger partial charge on any atom is -0.491 e. The molecule has 0 fully saturated rings. The second kappa shape index (κ2) is 8.53. The maximum absolute atomic E-state index is 11.9. The summed E-state index contributed by atoms with van der Waals surface area (Å²) in [6.45, 7) is 4.58. The molecule has 0 saturated heterocycles. The van der Waals surface area contributed by atoms with Crippen molar-refractivity contribution < 1.29 is 9.53 Å². The number of nitrogens with one attached hydrogen (secondary N) is 1. The summed E-state index contributed by atoms with van der Waals surface area (Å²) in [5.41, 5.74) is 1.89. The molecule has 1 aromatic heterocycles. The van der Waals surface area contributed by atoms with E-state index >= 15 is 0 Å². The van der Waals surface area contributed by atoms with Gasteiger partial charge in [0.15, 0.2) is 0 Å². The van der Waals surface area contributed by atoms with Gasteiger partial charge < -0.3 is 10.1 Å². The van der Waals surface area contributed by atoms with Crippen LogP contribution in [-0.4, -0.2) is 23.5 Å². The highest BCUT2D eigenvalue weighted by Crippen LogP contribution is 2.14. The number of hydrogen-bond donors (Lipinski definition) is 1. The Balaban J connectivity index is 1.76. The van der Waals surface area contributed by atoms with Crippen molar-refractivity contribution in [1.29, 1.82) is 0 Å². The van der Waals surface area contributed by atoms with Crippen molar-refractivity contribution in [2.24, 2.45) is 0 Å². The molecular weight excluding hydrogens is 312 g/mol. The van der Waals surface area contributed by atoms with Gasteiger partial charge >= 0.3 is 0 Å². The van der Waals surface area contributed by atoms with Crippen LogP contribution in [0.1, 0.15) is 25.0 Å². The van der Waals surface area contributed by atoms with Gasteiger partial charge in [-0.2, -0.15) is 0 Å². The zero-order chi connectivity index (χ0) is 16.7. The van der Waals surface area contributed by atoms with Crippen molar-refractivity contribution in [3.8, 4) is 5.75 Å². The molecule has 2 rings (SSSR count). The predicted octanol–water partition coefficient (Wildman–Crippen LogP) is 3.42. The van der Waals surface area contributed by atoms with Crippen molar-refractivity contribution in [1.82, 2.24) is 10.3 Å². The molecule has 0 atom stereocenters. The van der Waals surface area contributed by atoms with Crippen molar-refractivity contribution in [3.63, 3.8) is 0 Å². The summed E-state index contributed by atoms with van der Waals surface area (Å²) in [5, 5.41) is 3.28. The molecular formula is C18H21ClN2O2. The fraction of sp³-hybridized carbons (Fsp3) is 0.333. The van der Waals surface area contributed by atoms with Crippen LogP contribution in [0, 0.1) is 0 Å². The molecule has 0 aliphatic rings. The average Bonchev–Trinajstić information content (AvgIpc) is 2.51. The minimum absolute atomic E-state index is 0.0559. The molecule has 0 unspecified atom stereocenters. The molecule has 0 spiro atoms. The Morgan fingerprint density at radius 2 is 2.00 bits per heavy atom. The number of benzene rings is 1. The number of pyridine rings is 1. The van der Waals surface area contributed by atoms with Gasteiger partial charge in [-0.1, -0.05) is 29.8 Å². The van der Waals surface area contributed by atoms with E-state index in [1.807, 2.05) is 44.2 Å². The molecule has 23 heavy (non-hydrogen) atoms. The number of aromatic nitrogens is 1. The van der Waals surface area contributed by atoms with Crippen molar-refractivity contribution in [2.75, 3.05) is 6.54 Å². The SMILES string of the molecule is CC(C)Oc1ccc(CCNC(=O)Cc2cccnc2Cl)cc1.